The summed E-state index contributed by atoms with van der Waals surface area (Å²) < 4.78 is 6.93. The van der Waals surface area contributed by atoms with Crippen LogP contribution >= 0.6 is 0 Å². The van der Waals surface area contributed by atoms with Crippen LogP contribution in [0.5, 0.6) is 5.75 Å². The van der Waals surface area contributed by atoms with Gasteiger partial charge in [0.05, 0.1) is 19.3 Å². The van der Waals surface area contributed by atoms with Crippen molar-refractivity contribution < 1.29 is 9.53 Å². The molecule has 6 heteroatoms. The minimum atomic E-state index is -0.193. The van der Waals surface area contributed by atoms with Gasteiger partial charge in [-0.25, -0.2) is 4.98 Å². The molecule has 0 unspecified atom stereocenters. The zero-order valence-electron chi connectivity index (χ0n) is 10.9. The molecule has 0 fully saturated rings. The average molecular weight is 260 g/mol. The molecule has 2 rings (SSSR count). The van der Waals surface area contributed by atoms with Gasteiger partial charge in [0.2, 0.25) is 0 Å². The number of methoxy groups -OCH3 is 1. The zero-order chi connectivity index (χ0) is 13.8. The first kappa shape index (κ1) is 12.9. The van der Waals surface area contributed by atoms with Gasteiger partial charge < -0.3 is 20.4 Å². The summed E-state index contributed by atoms with van der Waals surface area (Å²) in [6.07, 6.45) is 3.52. The standard InChI is InChI=1S/C13H16N4O2/c1-17-6-5-15-12(17)8-16-13(18)9-3-4-10(14)11(7-9)19-2/h3-7H,8,14H2,1-2H3,(H,16,18). The molecule has 1 aromatic heterocycles. The first-order valence-corrected chi connectivity index (χ1v) is 5.79. The molecule has 2 aromatic rings. The van der Waals surface area contributed by atoms with Gasteiger partial charge >= 0.3 is 0 Å². The number of nitrogen functional groups attached to an aromatic ring is 1. The highest BCUT2D eigenvalue weighted by atomic mass is 16.5. The molecule has 0 aliphatic heterocycles. The number of hydrogen-bond donors (Lipinski definition) is 2. The maximum atomic E-state index is 12.0. The molecular weight excluding hydrogens is 244 g/mol. The van der Waals surface area contributed by atoms with E-state index in [1.165, 1.54) is 7.11 Å². The number of carbonyl (C=O) groups excluding carboxylic acids is 1. The monoisotopic (exact) mass is 260 g/mol. The van der Waals surface area contributed by atoms with E-state index in [4.69, 9.17) is 10.5 Å². The van der Waals surface area contributed by atoms with Crippen molar-refractivity contribution in [2.24, 2.45) is 7.05 Å². The van der Waals surface area contributed by atoms with E-state index in [1.54, 1.807) is 24.4 Å². The molecule has 0 aliphatic carbocycles. The quantitative estimate of drug-likeness (QED) is 0.801. The molecule has 1 amide bonds. The molecule has 3 N–H and O–H groups in total. The van der Waals surface area contributed by atoms with Gasteiger partial charge in [-0.05, 0) is 18.2 Å². The smallest absolute Gasteiger partial charge is 0.251 e. The minimum Gasteiger partial charge on any atom is -0.495 e. The van der Waals surface area contributed by atoms with Crippen molar-refractivity contribution >= 4 is 11.6 Å². The largest absolute Gasteiger partial charge is 0.495 e. The van der Waals surface area contributed by atoms with Crippen LogP contribution in [-0.4, -0.2) is 22.6 Å². The van der Waals surface area contributed by atoms with Crippen LogP contribution in [0.1, 0.15) is 16.2 Å². The Balaban J connectivity index is 2.06. The van der Waals surface area contributed by atoms with Crippen molar-refractivity contribution in [2.75, 3.05) is 12.8 Å². The molecule has 0 atom stereocenters. The lowest BCUT2D eigenvalue weighted by Gasteiger charge is -2.08. The molecule has 1 heterocycles. The summed E-state index contributed by atoms with van der Waals surface area (Å²) in [5.41, 5.74) is 6.70. The molecule has 0 saturated carbocycles. The molecule has 0 bridgehead atoms. The van der Waals surface area contributed by atoms with Gasteiger partial charge in [-0.1, -0.05) is 0 Å². The first-order valence-electron chi connectivity index (χ1n) is 5.79. The summed E-state index contributed by atoms with van der Waals surface area (Å²) in [7, 11) is 3.39. The Morgan fingerprint density at radius 3 is 2.95 bits per heavy atom. The van der Waals surface area contributed by atoms with Gasteiger partial charge in [0.1, 0.15) is 11.6 Å². The van der Waals surface area contributed by atoms with Crippen LogP contribution in [0.15, 0.2) is 30.6 Å². The van der Waals surface area contributed by atoms with E-state index in [2.05, 4.69) is 10.3 Å². The Kier molecular flexibility index (Phi) is 3.70. The fourth-order valence-corrected chi connectivity index (χ4v) is 1.68. The maximum Gasteiger partial charge on any atom is 0.251 e. The number of rotatable bonds is 4. The first-order chi connectivity index (χ1) is 9.11. The van der Waals surface area contributed by atoms with Crippen molar-refractivity contribution in [1.29, 1.82) is 0 Å². The Morgan fingerprint density at radius 1 is 1.53 bits per heavy atom. The van der Waals surface area contributed by atoms with Crippen LogP contribution in [0.4, 0.5) is 5.69 Å². The van der Waals surface area contributed by atoms with Crippen molar-refractivity contribution in [3.8, 4) is 5.75 Å². The predicted octanol–water partition coefficient (Wildman–Crippen LogP) is 0.941. The molecule has 19 heavy (non-hydrogen) atoms. The number of amides is 1. The Morgan fingerprint density at radius 2 is 2.32 bits per heavy atom. The number of nitrogens with two attached hydrogens (primary N) is 1. The highest BCUT2D eigenvalue weighted by Gasteiger charge is 2.09. The second-order valence-electron chi connectivity index (χ2n) is 4.09. The lowest BCUT2D eigenvalue weighted by Crippen LogP contribution is -2.24. The van der Waals surface area contributed by atoms with Gasteiger partial charge in [0, 0.05) is 25.0 Å². The van der Waals surface area contributed by atoms with Crippen molar-refractivity contribution in [3.63, 3.8) is 0 Å². The minimum absolute atomic E-state index is 0.193. The van der Waals surface area contributed by atoms with Crippen LogP contribution in [-0.2, 0) is 13.6 Å². The molecule has 6 nitrogen and oxygen atoms in total. The lowest BCUT2D eigenvalue weighted by atomic mass is 10.2. The van der Waals surface area contributed by atoms with E-state index >= 15 is 0 Å². The Hall–Kier alpha value is -2.50. The van der Waals surface area contributed by atoms with E-state index < -0.39 is 0 Å². The number of aromatic nitrogens is 2. The number of hydrogen-bond acceptors (Lipinski definition) is 4. The van der Waals surface area contributed by atoms with Gasteiger partial charge in [-0.3, -0.25) is 4.79 Å². The van der Waals surface area contributed by atoms with Crippen molar-refractivity contribution in [3.05, 3.63) is 42.0 Å². The SMILES string of the molecule is COc1cc(C(=O)NCc2nccn2C)ccc1N. The van der Waals surface area contributed by atoms with Gasteiger partial charge in [-0.2, -0.15) is 0 Å². The fraction of sp³-hybridized carbons (Fsp3) is 0.231. The zero-order valence-corrected chi connectivity index (χ0v) is 10.9. The fourth-order valence-electron chi connectivity index (χ4n) is 1.68. The normalized spacial score (nSPS) is 10.2. The third-order valence-electron chi connectivity index (χ3n) is 2.82. The third-order valence-corrected chi connectivity index (χ3v) is 2.82. The summed E-state index contributed by atoms with van der Waals surface area (Å²) >= 11 is 0. The number of benzene rings is 1. The van der Waals surface area contributed by atoms with Gasteiger partial charge in [0.15, 0.2) is 0 Å². The summed E-state index contributed by atoms with van der Waals surface area (Å²) in [5.74, 6) is 1.08. The van der Waals surface area contributed by atoms with Gasteiger partial charge in [-0.15, -0.1) is 0 Å². The van der Waals surface area contributed by atoms with Crippen molar-refractivity contribution in [1.82, 2.24) is 14.9 Å². The van der Waals surface area contributed by atoms with Crippen LogP contribution in [0.25, 0.3) is 0 Å². The molecule has 1 aromatic carbocycles. The molecule has 0 spiro atoms. The highest BCUT2D eigenvalue weighted by molar-refractivity contribution is 5.95. The van der Waals surface area contributed by atoms with Crippen molar-refractivity contribution in [2.45, 2.75) is 6.54 Å². The van der Waals surface area contributed by atoms with E-state index in [1.807, 2.05) is 17.8 Å². The topological polar surface area (TPSA) is 82.2 Å². The maximum absolute atomic E-state index is 12.0. The van der Waals surface area contributed by atoms with E-state index in [0.717, 1.165) is 5.82 Å². The second-order valence-corrected chi connectivity index (χ2v) is 4.09. The lowest BCUT2D eigenvalue weighted by molar-refractivity contribution is 0.0949. The molecule has 0 radical (unpaired) electrons. The molecular formula is C13H16N4O2. The third kappa shape index (κ3) is 2.85. The van der Waals surface area contributed by atoms with Crippen LogP contribution in [0.3, 0.4) is 0 Å². The summed E-state index contributed by atoms with van der Waals surface area (Å²) in [6, 6.07) is 4.92. The number of nitrogens with one attached hydrogen (secondary N) is 1. The van der Waals surface area contributed by atoms with Crippen LogP contribution < -0.4 is 15.8 Å². The molecule has 0 saturated heterocycles. The number of carbonyl (C=O) groups is 1. The van der Waals surface area contributed by atoms with Crippen LogP contribution in [0, 0.1) is 0 Å². The summed E-state index contributed by atoms with van der Waals surface area (Å²) in [6.45, 7) is 0.370. The Bertz CT molecular complexity index is 592. The number of aryl methyl sites for hydroxylation is 1. The van der Waals surface area contributed by atoms with E-state index in [0.29, 0.717) is 23.5 Å². The number of ether oxygens (including phenoxy) is 1. The summed E-state index contributed by atoms with van der Waals surface area (Å²) in [5, 5.41) is 2.79. The predicted molar refractivity (Wildman–Crippen MR) is 71.8 cm³/mol. The number of anilines is 1. The number of imidazole rings is 1. The molecule has 0 aliphatic rings. The van der Waals surface area contributed by atoms with Gasteiger partial charge in [0.25, 0.3) is 5.91 Å². The second kappa shape index (κ2) is 5.43. The Labute approximate surface area is 111 Å². The van der Waals surface area contributed by atoms with Crippen LogP contribution in [0.2, 0.25) is 0 Å². The molecule has 100 valence electrons. The van der Waals surface area contributed by atoms with E-state index in [-0.39, 0.29) is 5.91 Å². The highest BCUT2D eigenvalue weighted by Crippen LogP contribution is 2.21. The summed E-state index contributed by atoms with van der Waals surface area (Å²) in [4.78, 5) is 16.1. The van der Waals surface area contributed by atoms with E-state index in [9.17, 15) is 4.79 Å². The number of nitrogens with zero attached hydrogens (tertiary/aromatic N) is 2. The average Bonchev–Trinajstić information content (AvgIpc) is 2.82.